The highest BCUT2D eigenvalue weighted by atomic mass is 16.5. The van der Waals surface area contributed by atoms with Crippen molar-refractivity contribution in [2.45, 2.75) is 13.3 Å². The molecule has 0 radical (unpaired) electrons. The lowest BCUT2D eigenvalue weighted by Crippen LogP contribution is -2.36. The van der Waals surface area contributed by atoms with E-state index in [1.807, 2.05) is 6.07 Å². The maximum Gasteiger partial charge on any atom is 0.318 e. The summed E-state index contributed by atoms with van der Waals surface area (Å²) in [6, 6.07) is 5.25. The molecular weight excluding hydrogens is 220 g/mol. The molecule has 2 rings (SSSR count). The van der Waals surface area contributed by atoms with Crippen molar-refractivity contribution in [2.75, 3.05) is 17.7 Å². The molecule has 1 unspecified atom stereocenters. The summed E-state index contributed by atoms with van der Waals surface area (Å²) < 4.78 is 4.87. The van der Waals surface area contributed by atoms with Gasteiger partial charge in [-0.2, -0.15) is 0 Å². The number of hydrogen-bond acceptors (Lipinski definition) is 4. The zero-order chi connectivity index (χ0) is 12.4. The normalized spacial score (nSPS) is 18.2. The largest absolute Gasteiger partial charge is 0.465 e. The minimum atomic E-state index is -0.758. The lowest BCUT2D eigenvalue weighted by molar-refractivity contribution is -0.151. The first-order valence-corrected chi connectivity index (χ1v) is 5.47. The molecule has 0 spiro atoms. The number of nitrogen functional groups attached to an aromatic ring is 1. The molecule has 1 atom stereocenters. The topological polar surface area (TPSA) is 81.4 Å². The van der Waals surface area contributed by atoms with Crippen LogP contribution in [0, 0.1) is 5.92 Å². The number of esters is 1. The second-order valence-electron chi connectivity index (χ2n) is 3.91. The molecule has 17 heavy (non-hydrogen) atoms. The minimum absolute atomic E-state index is 0.275. The lowest BCUT2D eigenvalue weighted by Gasteiger charge is -2.23. The molecule has 1 aromatic carbocycles. The monoisotopic (exact) mass is 234 g/mol. The number of carbonyl (C=O) groups is 2. The summed E-state index contributed by atoms with van der Waals surface area (Å²) in [4.78, 5) is 23.3. The van der Waals surface area contributed by atoms with Crippen molar-refractivity contribution in [3.8, 4) is 0 Å². The molecule has 0 saturated carbocycles. The Morgan fingerprint density at radius 1 is 1.59 bits per heavy atom. The first-order chi connectivity index (χ1) is 8.11. The average Bonchev–Trinajstić information content (AvgIpc) is 2.28. The molecule has 5 heteroatoms. The molecular formula is C12H14N2O3. The lowest BCUT2D eigenvalue weighted by atomic mass is 9.93. The van der Waals surface area contributed by atoms with E-state index >= 15 is 0 Å². The van der Waals surface area contributed by atoms with Crippen LogP contribution < -0.4 is 11.1 Å². The number of hydrogen-bond donors (Lipinski definition) is 2. The van der Waals surface area contributed by atoms with Gasteiger partial charge in [-0.25, -0.2) is 0 Å². The molecule has 1 aromatic rings. The number of anilines is 2. The molecule has 0 bridgehead atoms. The van der Waals surface area contributed by atoms with E-state index in [9.17, 15) is 9.59 Å². The smallest absolute Gasteiger partial charge is 0.318 e. The predicted molar refractivity (Wildman–Crippen MR) is 63.3 cm³/mol. The van der Waals surface area contributed by atoms with E-state index in [4.69, 9.17) is 10.5 Å². The van der Waals surface area contributed by atoms with Crippen molar-refractivity contribution < 1.29 is 14.3 Å². The van der Waals surface area contributed by atoms with Gasteiger partial charge in [0, 0.05) is 11.4 Å². The molecule has 1 heterocycles. The highest BCUT2D eigenvalue weighted by Gasteiger charge is 2.33. The van der Waals surface area contributed by atoms with Crippen LogP contribution in [0.15, 0.2) is 18.2 Å². The Bertz CT molecular complexity index is 471. The number of nitrogens with one attached hydrogen (secondary N) is 1. The van der Waals surface area contributed by atoms with Crippen LogP contribution in [0.25, 0.3) is 0 Å². The Kier molecular flexibility index (Phi) is 2.99. The summed E-state index contributed by atoms with van der Waals surface area (Å²) in [5.74, 6) is -1.57. The van der Waals surface area contributed by atoms with Crippen LogP contribution in [0.1, 0.15) is 12.5 Å². The molecule has 1 amide bonds. The number of fused-ring (bicyclic) bond motifs is 1. The van der Waals surface area contributed by atoms with Gasteiger partial charge in [0.2, 0.25) is 5.91 Å². The number of nitrogens with two attached hydrogens (primary N) is 1. The number of benzene rings is 1. The maximum absolute atomic E-state index is 11.7. The Morgan fingerprint density at radius 2 is 2.35 bits per heavy atom. The Balaban J connectivity index is 2.24. The zero-order valence-corrected chi connectivity index (χ0v) is 9.53. The van der Waals surface area contributed by atoms with Crippen molar-refractivity contribution in [1.29, 1.82) is 0 Å². The summed E-state index contributed by atoms with van der Waals surface area (Å²) in [5, 5.41) is 2.67. The molecule has 1 aliphatic rings. The number of carbonyl (C=O) groups excluding carboxylic acids is 2. The van der Waals surface area contributed by atoms with Gasteiger partial charge in [-0.3, -0.25) is 9.59 Å². The van der Waals surface area contributed by atoms with E-state index in [-0.39, 0.29) is 12.5 Å². The Hall–Kier alpha value is -2.04. The molecule has 0 aromatic heterocycles. The van der Waals surface area contributed by atoms with Crippen LogP contribution in [0.3, 0.4) is 0 Å². The molecule has 3 N–H and O–H groups in total. The van der Waals surface area contributed by atoms with E-state index in [0.29, 0.717) is 17.8 Å². The molecule has 0 saturated heterocycles. The van der Waals surface area contributed by atoms with Crippen molar-refractivity contribution in [3.05, 3.63) is 23.8 Å². The summed E-state index contributed by atoms with van der Waals surface area (Å²) >= 11 is 0. The quantitative estimate of drug-likeness (QED) is 0.453. The van der Waals surface area contributed by atoms with Gasteiger partial charge in [0.05, 0.1) is 6.61 Å². The molecule has 5 nitrogen and oxygen atoms in total. The van der Waals surface area contributed by atoms with E-state index < -0.39 is 11.9 Å². The van der Waals surface area contributed by atoms with Crippen LogP contribution in [-0.2, 0) is 20.7 Å². The van der Waals surface area contributed by atoms with Crippen molar-refractivity contribution in [2.24, 2.45) is 5.92 Å². The van der Waals surface area contributed by atoms with E-state index in [1.165, 1.54) is 0 Å². The van der Waals surface area contributed by atoms with Crippen LogP contribution in [0.5, 0.6) is 0 Å². The van der Waals surface area contributed by atoms with E-state index in [2.05, 4.69) is 5.32 Å². The van der Waals surface area contributed by atoms with Crippen molar-refractivity contribution in [3.63, 3.8) is 0 Å². The predicted octanol–water partition coefficient (Wildman–Crippen LogP) is 0.943. The maximum atomic E-state index is 11.7. The summed E-state index contributed by atoms with van der Waals surface area (Å²) in [6.07, 6.45) is 0.361. The van der Waals surface area contributed by atoms with Crippen molar-refractivity contribution >= 4 is 23.3 Å². The van der Waals surface area contributed by atoms with Crippen LogP contribution in [0.2, 0.25) is 0 Å². The third-order valence-electron chi connectivity index (χ3n) is 2.70. The second kappa shape index (κ2) is 4.45. The third-order valence-corrected chi connectivity index (χ3v) is 2.70. The zero-order valence-electron chi connectivity index (χ0n) is 9.53. The van der Waals surface area contributed by atoms with Crippen LogP contribution in [0.4, 0.5) is 11.4 Å². The second-order valence-corrected chi connectivity index (χ2v) is 3.91. The summed E-state index contributed by atoms with van der Waals surface area (Å²) in [5.41, 5.74) is 7.78. The Morgan fingerprint density at radius 3 is 3.06 bits per heavy atom. The van der Waals surface area contributed by atoms with Gasteiger partial charge < -0.3 is 15.8 Å². The van der Waals surface area contributed by atoms with Gasteiger partial charge in [-0.15, -0.1) is 0 Å². The van der Waals surface area contributed by atoms with Gasteiger partial charge in [0.1, 0.15) is 5.92 Å². The van der Waals surface area contributed by atoms with Gasteiger partial charge in [0.25, 0.3) is 0 Å². The fourth-order valence-electron chi connectivity index (χ4n) is 1.85. The molecule has 0 aliphatic carbocycles. The number of amides is 1. The van der Waals surface area contributed by atoms with E-state index in [1.54, 1.807) is 19.1 Å². The van der Waals surface area contributed by atoms with Gasteiger partial charge in [-0.05, 0) is 31.0 Å². The fraction of sp³-hybridized carbons (Fsp3) is 0.333. The highest BCUT2D eigenvalue weighted by molar-refractivity contribution is 6.07. The highest BCUT2D eigenvalue weighted by Crippen LogP contribution is 2.27. The molecule has 0 fully saturated rings. The first-order valence-electron chi connectivity index (χ1n) is 5.47. The fourth-order valence-corrected chi connectivity index (χ4v) is 1.85. The van der Waals surface area contributed by atoms with Crippen LogP contribution in [-0.4, -0.2) is 18.5 Å². The minimum Gasteiger partial charge on any atom is -0.465 e. The van der Waals surface area contributed by atoms with Crippen molar-refractivity contribution in [1.82, 2.24) is 0 Å². The number of rotatable bonds is 2. The standard InChI is InChI=1S/C12H14N2O3/c1-2-17-12(16)9-5-7-3-4-8(13)6-10(7)14-11(9)15/h3-4,6,9H,2,5,13H2,1H3,(H,14,15). The van der Waals surface area contributed by atoms with Gasteiger partial charge in [0.15, 0.2) is 0 Å². The summed E-state index contributed by atoms with van der Waals surface area (Å²) in [6.45, 7) is 1.99. The first kappa shape index (κ1) is 11.4. The number of ether oxygens (including phenoxy) is 1. The third kappa shape index (κ3) is 2.22. The Labute approximate surface area is 98.9 Å². The van der Waals surface area contributed by atoms with Gasteiger partial charge >= 0.3 is 5.97 Å². The van der Waals surface area contributed by atoms with E-state index in [0.717, 1.165) is 5.56 Å². The SMILES string of the molecule is CCOC(=O)C1Cc2ccc(N)cc2NC1=O. The average molecular weight is 234 g/mol. The molecule has 1 aliphatic heterocycles. The van der Waals surface area contributed by atoms with Gasteiger partial charge in [-0.1, -0.05) is 6.07 Å². The van der Waals surface area contributed by atoms with Crippen LogP contribution >= 0.6 is 0 Å². The summed E-state index contributed by atoms with van der Waals surface area (Å²) in [7, 11) is 0. The molecule has 90 valence electrons.